The summed E-state index contributed by atoms with van der Waals surface area (Å²) in [4.78, 5) is 30.4. The zero-order valence-electron chi connectivity index (χ0n) is 17.0. The molecule has 29 heavy (non-hydrogen) atoms. The number of hydrogen-bond acceptors (Lipinski definition) is 5. The molecule has 0 atom stereocenters. The number of aromatic nitrogens is 1. The average Bonchev–Trinajstić information content (AvgIpc) is 2.68. The van der Waals surface area contributed by atoms with Gasteiger partial charge >= 0.3 is 0 Å². The molecular formula is C20H26N4O4S. The highest BCUT2D eigenvalue weighted by atomic mass is 32.2. The van der Waals surface area contributed by atoms with Crippen LogP contribution in [-0.2, 0) is 14.8 Å². The Hall–Kier alpha value is -2.78. The van der Waals surface area contributed by atoms with Gasteiger partial charge in [-0.05, 0) is 57.2 Å². The molecule has 0 aliphatic rings. The highest BCUT2D eigenvalue weighted by Crippen LogP contribution is 2.16. The standard InChI is InChI=1S/C20H26N4O4S/c1-5-24(6-2)20(26)16-10-12-17(13-11-16)29(27,28)23(4)14-19(25)22-18-9-7-8-15(3)21-18/h7-13H,5-6,14H2,1-4H3,(H,21,22,25). The Balaban J connectivity index is 2.09. The van der Waals surface area contributed by atoms with Gasteiger partial charge in [-0.3, -0.25) is 9.59 Å². The van der Waals surface area contributed by atoms with Crippen molar-refractivity contribution in [2.75, 3.05) is 32.0 Å². The van der Waals surface area contributed by atoms with Crippen molar-refractivity contribution in [2.24, 2.45) is 0 Å². The molecule has 0 fully saturated rings. The predicted octanol–water partition coefficient (Wildman–Crippen LogP) is 2.13. The van der Waals surface area contributed by atoms with Crippen molar-refractivity contribution in [2.45, 2.75) is 25.7 Å². The van der Waals surface area contributed by atoms with E-state index < -0.39 is 15.9 Å². The minimum Gasteiger partial charge on any atom is -0.339 e. The van der Waals surface area contributed by atoms with Crippen molar-refractivity contribution in [1.82, 2.24) is 14.2 Å². The number of anilines is 1. The summed E-state index contributed by atoms with van der Waals surface area (Å²) in [6.07, 6.45) is 0. The van der Waals surface area contributed by atoms with Crippen LogP contribution in [0, 0.1) is 6.92 Å². The van der Waals surface area contributed by atoms with Crippen LogP contribution in [-0.4, -0.2) is 61.1 Å². The van der Waals surface area contributed by atoms with E-state index in [0.717, 1.165) is 10.00 Å². The molecule has 1 aromatic carbocycles. The largest absolute Gasteiger partial charge is 0.339 e. The number of amides is 2. The maximum atomic E-state index is 12.7. The topological polar surface area (TPSA) is 99.7 Å². The van der Waals surface area contributed by atoms with Crippen LogP contribution in [0.3, 0.4) is 0 Å². The Labute approximate surface area is 171 Å². The van der Waals surface area contributed by atoms with Gasteiger partial charge in [0.2, 0.25) is 15.9 Å². The van der Waals surface area contributed by atoms with E-state index in [1.54, 1.807) is 30.0 Å². The van der Waals surface area contributed by atoms with E-state index in [-0.39, 0.29) is 17.3 Å². The molecule has 2 aromatic rings. The highest BCUT2D eigenvalue weighted by molar-refractivity contribution is 7.89. The lowest BCUT2D eigenvalue weighted by Gasteiger charge is -2.19. The fourth-order valence-corrected chi connectivity index (χ4v) is 3.85. The van der Waals surface area contributed by atoms with Crippen LogP contribution in [0.2, 0.25) is 0 Å². The number of aryl methyl sites for hydroxylation is 1. The first-order valence-electron chi connectivity index (χ1n) is 9.28. The molecule has 1 heterocycles. The third-order valence-corrected chi connectivity index (χ3v) is 6.20. The van der Waals surface area contributed by atoms with Gasteiger partial charge in [0.15, 0.2) is 0 Å². The summed E-state index contributed by atoms with van der Waals surface area (Å²) in [5.74, 6) is -0.292. The molecule has 0 aliphatic carbocycles. The molecule has 0 saturated carbocycles. The minimum absolute atomic E-state index is 0.0116. The number of nitrogens with zero attached hydrogens (tertiary/aromatic N) is 3. The third-order valence-electron chi connectivity index (χ3n) is 4.38. The number of carbonyl (C=O) groups is 2. The van der Waals surface area contributed by atoms with E-state index >= 15 is 0 Å². The first-order valence-corrected chi connectivity index (χ1v) is 10.7. The van der Waals surface area contributed by atoms with Crippen molar-refractivity contribution < 1.29 is 18.0 Å². The van der Waals surface area contributed by atoms with Crippen molar-refractivity contribution in [3.05, 3.63) is 53.7 Å². The van der Waals surface area contributed by atoms with Crippen LogP contribution < -0.4 is 5.32 Å². The molecule has 0 radical (unpaired) electrons. The van der Waals surface area contributed by atoms with Gasteiger partial charge in [-0.25, -0.2) is 13.4 Å². The second-order valence-corrected chi connectivity index (χ2v) is 8.52. The number of rotatable bonds is 8. The van der Waals surface area contributed by atoms with Gasteiger partial charge in [0, 0.05) is 31.4 Å². The van der Waals surface area contributed by atoms with Crippen molar-refractivity contribution in [3.63, 3.8) is 0 Å². The maximum absolute atomic E-state index is 12.7. The lowest BCUT2D eigenvalue weighted by Crippen LogP contribution is -2.35. The summed E-state index contributed by atoms with van der Waals surface area (Å²) >= 11 is 0. The maximum Gasteiger partial charge on any atom is 0.253 e. The molecule has 2 amide bonds. The quantitative estimate of drug-likeness (QED) is 0.708. The van der Waals surface area contributed by atoms with E-state index in [4.69, 9.17) is 0 Å². The van der Waals surface area contributed by atoms with Crippen LogP contribution >= 0.6 is 0 Å². The Morgan fingerprint density at radius 3 is 2.21 bits per heavy atom. The Morgan fingerprint density at radius 1 is 1.03 bits per heavy atom. The van der Waals surface area contributed by atoms with E-state index in [9.17, 15) is 18.0 Å². The first-order chi connectivity index (χ1) is 13.7. The predicted molar refractivity (Wildman–Crippen MR) is 111 cm³/mol. The third kappa shape index (κ3) is 5.61. The molecule has 0 spiro atoms. The van der Waals surface area contributed by atoms with Gasteiger partial charge in [-0.15, -0.1) is 0 Å². The second kappa shape index (κ2) is 9.62. The Bertz CT molecular complexity index is 970. The highest BCUT2D eigenvalue weighted by Gasteiger charge is 2.24. The number of nitrogens with one attached hydrogen (secondary N) is 1. The van der Waals surface area contributed by atoms with Crippen LogP contribution in [0.25, 0.3) is 0 Å². The van der Waals surface area contributed by atoms with E-state index in [2.05, 4.69) is 10.3 Å². The molecule has 156 valence electrons. The number of sulfonamides is 1. The molecule has 9 heteroatoms. The fraction of sp³-hybridized carbons (Fsp3) is 0.350. The molecule has 8 nitrogen and oxygen atoms in total. The smallest absolute Gasteiger partial charge is 0.253 e. The van der Waals surface area contributed by atoms with Gasteiger partial charge in [0.05, 0.1) is 11.4 Å². The fourth-order valence-electron chi connectivity index (χ4n) is 2.73. The van der Waals surface area contributed by atoms with Crippen molar-refractivity contribution in [1.29, 1.82) is 0 Å². The van der Waals surface area contributed by atoms with Crippen LogP contribution in [0.15, 0.2) is 47.4 Å². The lowest BCUT2D eigenvalue weighted by molar-refractivity contribution is -0.116. The number of carbonyl (C=O) groups excluding carboxylic acids is 2. The minimum atomic E-state index is -3.88. The molecule has 2 rings (SSSR count). The number of likely N-dealkylation sites (N-methyl/N-ethyl adjacent to an activating group) is 1. The summed E-state index contributed by atoms with van der Waals surface area (Å²) in [5.41, 5.74) is 1.15. The zero-order valence-corrected chi connectivity index (χ0v) is 17.9. The van der Waals surface area contributed by atoms with Gasteiger partial charge in [-0.1, -0.05) is 6.07 Å². The summed E-state index contributed by atoms with van der Waals surface area (Å²) in [6, 6.07) is 10.9. The number of pyridine rings is 1. The van der Waals surface area contributed by atoms with E-state index in [1.165, 1.54) is 31.3 Å². The summed E-state index contributed by atoms with van der Waals surface area (Å²) in [5, 5.41) is 2.58. The molecule has 0 bridgehead atoms. The molecule has 1 aromatic heterocycles. The first kappa shape index (κ1) is 22.5. The van der Waals surface area contributed by atoms with Gasteiger partial charge in [-0.2, -0.15) is 4.31 Å². The van der Waals surface area contributed by atoms with Crippen LogP contribution in [0.5, 0.6) is 0 Å². The lowest BCUT2D eigenvalue weighted by atomic mass is 10.2. The number of benzene rings is 1. The molecule has 0 aliphatic heterocycles. The van der Waals surface area contributed by atoms with Crippen LogP contribution in [0.4, 0.5) is 5.82 Å². The van der Waals surface area contributed by atoms with Crippen molar-refractivity contribution >= 4 is 27.7 Å². The molecule has 1 N–H and O–H groups in total. The SMILES string of the molecule is CCN(CC)C(=O)c1ccc(S(=O)(=O)N(C)CC(=O)Nc2cccc(C)n2)cc1. The molecule has 0 unspecified atom stereocenters. The Morgan fingerprint density at radius 2 is 1.66 bits per heavy atom. The molecular weight excluding hydrogens is 392 g/mol. The van der Waals surface area contributed by atoms with Crippen molar-refractivity contribution in [3.8, 4) is 0 Å². The van der Waals surface area contributed by atoms with Crippen LogP contribution in [0.1, 0.15) is 29.9 Å². The summed E-state index contributed by atoms with van der Waals surface area (Å²) in [7, 11) is -2.55. The normalized spacial score (nSPS) is 11.3. The second-order valence-electron chi connectivity index (χ2n) is 6.48. The zero-order chi connectivity index (χ0) is 21.6. The summed E-state index contributed by atoms with van der Waals surface area (Å²) < 4.78 is 26.4. The van der Waals surface area contributed by atoms with Gasteiger partial charge < -0.3 is 10.2 Å². The Kier molecular flexibility index (Phi) is 7.46. The molecule has 0 saturated heterocycles. The van der Waals surface area contributed by atoms with E-state index in [1.807, 2.05) is 13.8 Å². The number of hydrogen-bond donors (Lipinski definition) is 1. The van der Waals surface area contributed by atoms with E-state index in [0.29, 0.717) is 24.5 Å². The summed E-state index contributed by atoms with van der Waals surface area (Å²) in [6.45, 7) is 6.34. The average molecular weight is 419 g/mol. The van der Waals surface area contributed by atoms with Gasteiger partial charge in [0.1, 0.15) is 5.82 Å². The monoisotopic (exact) mass is 418 g/mol. The van der Waals surface area contributed by atoms with Gasteiger partial charge in [0.25, 0.3) is 5.91 Å².